The average molecular weight is 674 g/mol. The largest absolute Gasteiger partial charge is 0.493 e. The highest BCUT2D eigenvalue weighted by Gasteiger charge is 2.25. The third-order valence-electron chi connectivity index (χ3n) is 7.84. The van der Waals surface area contributed by atoms with Crippen LogP contribution in [0.5, 0.6) is 17.2 Å². The number of methoxy groups -OCH3 is 1. The van der Waals surface area contributed by atoms with Crippen molar-refractivity contribution in [2.24, 2.45) is 5.73 Å². The molecule has 0 aliphatic carbocycles. The number of amides is 3. The first-order valence-corrected chi connectivity index (χ1v) is 16.5. The van der Waals surface area contributed by atoms with E-state index in [1.807, 2.05) is 62.9 Å². The van der Waals surface area contributed by atoms with Gasteiger partial charge in [-0.3, -0.25) is 14.4 Å². The van der Waals surface area contributed by atoms with Crippen molar-refractivity contribution in [3.05, 3.63) is 77.9 Å². The molecule has 0 saturated heterocycles. The van der Waals surface area contributed by atoms with Crippen LogP contribution < -0.4 is 30.6 Å². The number of anilines is 1. The number of unbranched alkanes of at least 4 members (excludes halogenated alkanes) is 1. The fourth-order valence-corrected chi connectivity index (χ4v) is 5.37. The van der Waals surface area contributed by atoms with Crippen molar-refractivity contribution in [3.63, 3.8) is 0 Å². The van der Waals surface area contributed by atoms with E-state index in [2.05, 4.69) is 15.8 Å². The summed E-state index contributed by atoms with van der Waals surface area (Å²) in [4.78, 5) is 40.5. The number of carbonyl (C=O) groups is 3. The molecule has 0 aliphatic rings. The van der Waals surface area contributed by atoms with Gasteiger partial charge in [0.15, 0.2) is 22.9 Å². The maximum atomic E-state index is 13.2. The number of carbonyl (C=O) groups excluding carboxylic acids is 3. The van der Waals surface area contributed by atoms with E-state index in [4.69, 9.17) is 24.5 Å². The first kappa shape index (κ1) is 36.7. The number of nitrogens with zero attached hydrogens (tertiary/aromatic N) is 2. The molecule has 3 aromatic carbocycles. The molecule has 0 saturated carbocycles. The standard InChI is InChI=1S/C37H47N5O7/c1-23(2)42(24(3)4)37(45)27-14-17-31(33(21-27)46-6)48-19-11-10-18-47-28-15-16-29-32(22-28)49-41-34(29)40-36(44)30(39-35(43)25(5)38)20-26-12-8-7-9-13-26/h7-9,12-17,21-25,30H,10-11,18-20,38H2,1-6H3,(H,39,43)(H,40,41,44)/t25-,30-/m0/s1. The fourth-order valence-electron chi connectivity index (χ4n) is 5.37. The topological polar surface area (TPSA) is 158 Å². The second kappa shape index (κ2) is 17.3. The minimum Gasteiger partial charge on any atom is -0.493 e. The first-order chi connectivity index (χ1) is 23.5. The summed E-state index contributed by atoms with van der Waals surface area (Å²) in [6.45, 7) is 10.4. The molecule has 0 radical (unpaired) electrons. The summed E-state index contributed by atoms with van der Waals surface area (Å²) in [5.41, 5.74) is 7.60. The third-order valence-corrected chi connectivity index (χ3v) is 7.84. The zero-order chi connectivity index (χ0) is 35.5. The van der Waals surface area contributed by atoms with Crippen LogP contribution in [0.3, 0.4) is 0 Å². The fraction of sp³-hybridized carbons (Fsp3) is 0.405. The number of hydrogen-bond acceptors (Lipinski definition) is 9. The van der Waals surface area contributed by atoms with Crippen molar-refractivity contribution >= 4 is 34.5 Å². The number of hydrogen-bond donors (Lipinski definition) is 3. The van der Waals surface area contributed by atoms with Crippen molar-refractivity contribution in [3.8, 4) is 17.2 Å². The van der Waals surface area contributed by atoms with Gasteiger partial charge in [-0.25, -0.2) is 0 Å². The lowest BCUT2D eigenvalue weighted by atomic mass is 10.0. The molecular formula is C37H47N5O7. The normalized spacial score (nSPS) is 12.4. The summed E-state index contributed by atoms with van der Waals surface area (Å²) in [7, 11) is 1.56. The van der Waals surface area contributed by atoms with Gasteiger partial charge in [-0.1, -0.05) is 35.5 Å². The van der Waals surface area contributed by atoms with E-state index in [-0.39, 0.29) is 30.2 Å². The smallest absolute Gasteiger partial charge is 0.254 e. The second-order valence-electron chi connectivity index (χ2n) is 12.4. The Morgan fingerprint density at radius 3 is 2.20 bits per heavy atom. The quantitative estimate of drug-likeness (QED) is 0.126. The van der Waals surface area contributed by atoms with Gasteiger partial charge in [0.25, 0.3) is 5.91 Å². The minimum atomic E-state index is -0.866. The van der Waals surface area contributed by atoms with Crippen LogP contribution in [0.1, 0.15) is 63.4 Å². The highest BCUT2D eigenvalue weighted by atomic mass is 16.5. The Labute approximate surface area is 287 Å². The minimum absolute atomic E-state index is 0.0491. The van der Waals surface area contributed by atoms with Crippen molar-refractivity contribution in [2.75, 3.05) is 25.6 Å². The molecule has 3 amide bonds. The SMILES string of the molecule is COc1cc(C(=O)N(C(C)C)C(C)C)ccc1OCCCCOc1ccc2c(NC(=O)[C@H](Cc3ccccc3)NC(=O)[C@H](C)N)noc2c1. The zero-order valence-electron chi connectivity index (χ0n) is 29.0. The molecule has 1 aromatic heterocycles. The van der Waals surface area contributed by atoms with Crippen LogP contribution in [0.4, 0.5) is 5.82 Å². The number of ether oxygens (including phenoxy) is 3. The highest BCUT2D eigenvalue weighted by molar-refractivity contribution is 6.02. The van der Waals surface area contributed by atoms with Gasteiger partial charge in [0.1, 0.15) is 11.8 Å². The van der Waals surface area contributed by atoms with E-state index in [1.54, 1.807) is 50.4 Å². The number of rotatable bonds is 17. The van der Waals surface area contributed by atoms with E-state index in [0.29, 0.717) is 47.0 Å². The van der Waals surface area contributed by atoms with Gasteiger partial charge >= 0.3 is 0 Å². The van der Waals surface area contributed by atoms with Crippen molar-refractivity contribution in [1.29, 1.82) is 0 Å². The second-order valence-corrected chi connectivity index (χ2v) is 12.4. The lowest BCUT2D eigenvalue weighted by molar-refractivity contribution is -0.127. The summed E-state index contributed by atoms with van der Waals surface area (Å²) >= 11 is 0. The number of fused-ring (bicyclic) bond motifs is 1. The zero-order valence-corrected chi connectivity index (χ0v) is 29.0. The van der Waals surface area contributed by atoms with Gasteiger partial charge in [0, 0.05) is 30.1 Å². The van der Waals surface area contributed by atoms with Crippen LogP contribution >= 0.6 is 0 Å². The van der Waals surface area contributed by atoms with Gasteiger partial charge in [-0.2, -0.15) is 0 Å². The van der Waals surface area contributed by atoms with Crippen LogP contribution in [0.2, 0.25) is 0 Å². The maximum Gasteiger partial charge on any atom is 0.254 e. The molecule has 1 heterocycles. The lowest BCUT2D eigenvalue weighted by Gasteiger charge is -2.31. The van der Waals surface area contributed by atoms with Gasteiger partial charge in [0.2, 0.25) is 11.8 Å². The predicted octanol–water partition coefficient (Wildman–Crippen LogP) is 5.35. The van der Waals surface area contributed by atoms with E-state index >= 15 is 0 Å². The third kappa shape index (κ3) is 9.96. The number of nitrogens with two attached hydrogens (primary N) is 1. The van der Waals surface area contributed by atoms with Crippen molar-refractivity contribution in [2.45, 2.75) is 78.0 Å². The van der Waals surface area contributed by atoms with Crippen LogP contribution in [-0.4, -0.2) is 72.3 Å². The molecule has 12 heteroatoms. The van der Waals surface area contributed by atoms with Crippen molar-refractivity contribution in [1.82, 2.24) is 15.4 Å². The van der Waals surface area contributed by atoms with E-state index in [0.717, 1.165) is 18.4 Å². The summed E-state index contributed by atoms with van der Waals surface area (Å²) < 4.78 is 22.9. The van der Waals surface area contributed by atoms with Gasteiger partial charge in [-0.15, -0.1) is 0 Å². The molecule has 4 N–H and O–H groups in total. The maximum absolute atomic E-state index is 13.2. The van der Waals surface area contributed by atoms with Crippen LogP contribution in [0, 0.1) is 0 Å². The number of aromatic nitrogens is 1. The molecular weight excluding hydrogens is 626 g/mol. The van der Waals surface area contributed by atoms with Crippen LogP contribution in [-0.2, 0) is 16.0 Å². The molecule has 2 atom stereocenters. The summed E-state index contributed by atoms with van der Waals surface area (Å²) in [5, 5.41) is 10.1. The first-order valence-electron chi connectivity index (χ1n) is 16.5. The molecule has 262 valence electrons. The average Bonchev–Trinajstić information content (AvgIpc) is 3.47. The van der Waals surface area contributed by atoms with Gasteiger partial charge in [-0.05, 0) is 83.4 Å². The Kier molecular flexibility index (Phi) is 13.0. The van der Waals surface area contributed by atoms with Crippen LogP contribution in [0.25, 0.3) is 11.0 Å². The number of nitrogens with one attached hydrogen (secondary N) is 2. The molecule has 12 nitrogen and oxygen atoms in total. The van der Waals surface area contributed by atoms with Gasteiger partial charge in [0.05, 0.1) is 31.8 Å². The van der Waals surface area contributed by atoms with E-state index in [9.17, 15) is 14.4 Å². The molecule has 4 rings (SSSR count). The van der Waals surface area contributed by atoms with Crippen molar-refractivity contribution < 1.29 is 33.1 Å². The Balaban J connectivity index is 1.28. The highest BCUT2D eigenvalue weighted by Crippen LogP contribution is 2.30. The summed E-state index contributed by atoms with van der Waals surface area (Å²) in [6, 6.07) is 18.4. The summed E-state index contributed by atoms with van der Waals surface area (Å²) in [5.74, 6) is 0.980. The van der Waals surface area contributed by atoms with Gasteiger partial charge < -0.3 is 40.0 Å². The Hall–Kier alpha value is -5.10. The van der Waals surface area contributed by atoms with E-state index < -0.39 is 23.9 Å². The molecule has 0 unspecified atom stereocenters. The molecule has 4 aromatic rings. The Morgan fingerprint density at radius 2 is 1.55 bits per heavy atom. The number of benzene rings is 3. The van der Waals surface area contributed by atoms with Crippen LogP contribution in [0.15, 0.2) is 71.3 Å². The molecule has 0 bridgehead atoms. The monoisotopic (exact) mass is 673 g/mol. The predicted molar refractivity (Wildman–Crippen MR) is 188 cm³/mol. The Morgan fingerprint density at radius 1 is 0.857 bits per heavy atom. The lowest BCUT2D eigenvalue weighted by Crippen LogP contribution is -2.50. The molecule has 0 spiro atoms. The molecule has 0 aliphatic heterocycles. The Bertz CT molecular complexity index is 1700. The molecule has 0 fully saturated rings. The molecule has 49 heavy (non-hydrogen) atoms. The summed E-state index contributed by atoms with van der Waals surface area (Å²) in [6.07, 6.45) is 1.73. The van der Waals surface area contributed by atoms with E-state index in [1.165, 1.54) is 0 Å².